The Morgan fingerprint density at radius 3 is 2.75 bits per heavy atom. The van der Waals surface area contributed by atoms with Crippen LogP contribution >= 0.6 is 11.6 Å². The standard InChI is InChI=1S/C26H24ClFN2O2/c1-3-21(16-9-4-6-13-20(16)28)30-26(32)23-15(2)29-25(17-10-5-7-14-22(17)31)24-18(23)11-8-12-19(24)27/h4-13,21,25,29H,3,14H2,1-2H3,(H,30,32)/t21-,25?/m0/s1. The van der Waals surface area contributed by atoms with Gasteiger partial charge in [0.15, 0.2) is 5.78 Å². The van der Waals surface area contributed by atoms with E-state index in [1.807, 2.05) is 25.1 Å². The fourth-order valence-electron chi connectivity index (χ4n) is 4.34. The maximum atomic E-state index is 14.3. The molecule has 1 heterocycles. The second-order valence-corrected chi connectivity index (χ2v) is 8.32. The van der Waals surface area contributed by atoms with Gasteiger partial charge in [0.2, 0.25) is 0 Å². The predicted octanol–water partition coefficient (Wildman–Crippen LogP) is 5.58. The van der Waals surface area contributed by atoms with Crippen molar-refractivity contribution >= 4 is 28.9 Å². The van der Waals surface area contributed by atoms with Crippen LogP contribution in [0.5, 0.6) is 0 Å². The van der Waals surface area contributed by atoms with Crippen molar-refractivity contribution in [3.8, 4) is 0 Å². The number of rotatable bonds is 5. The maximum absolute atomic E-state index is 14.3. The quantitative estimate of drug-likeness (QED) is 0.625. The molecule has 6 heteroatoms. The molecule has 2 aliphatic rings. The third kappa shape index (κ3) is 4.00. The lowest BCUT2D eigenvalue weighted by Crippen LogP contribution is -2.36. The molecule has 2 N–H and O–H groups in total. The van der Waals surface area contributed by atoms with Gasteiger partial charge in [-0.1, -0.05) is 67.1 Å². The highest BCUT2D eigenvalue weighted by atomic mass is 35.5. The van der Waals surface area contributed by atoms with Crippen molar-refractivity contribution in [3.05, 3.63) is 99.5 Å². The van der Waals surface area contributed by atoms with Crippen LogP contribution < -0.4 is 10.6 Å². The Bertz CT molecular complexity index is 1180. The fraction of sp³-hybridized carbons (Fsp3) is 0.231. The normalized spacial score (nSPS) is 18.6. The lowest BCUT2D eigenvalue weighted by Gasteiger charge is -2.33. The molecular formula is C26H24ClFN2O2. The van der Waals surface area contributed by atoms with Crippen LogP contribution in [0.3, 0.4) is 0 Å². The summed E-state index contributed by atoms with van der Waals surface area (Å²) in [6.07, 6.45) is 6.33. The predicted molar refractivity (Wildman–Crippen MR) is 124 cm³/mol. The molecule has 0 spiro atoms. The molecule has 1 aliphatic heterocycles. The van der Waals surface area contributed by atoms with Gasteiger partial charge in [-0.2, -0.15) is 0 Å². The molecule has 164 valence electrons. The average molecular weight is 451 g/mol. The monoisotopic (exact) mass is 450 g/mol. The molecule has 0 bridgehead atoms. The van der Waals surface area contributed by atoms with E-state index in [4.69, 9.17) is 11.6 Å². The number of carbonyl (C=O) groups is 2. The number of fused-ring (bicyclic) bond motifs is 1. The van der Waals surface area contributed by atoms with Gasteiger partial charge in [-0.15, -0.1) is 0 Å². The second-order valence-electron chi connectivity index (χ2n) is 7.91. The molecule has 1 amide bonds. The van der Waals surface area contributed by atoms with E-state index >= 15 is 0 Å². The van der Waals surface area contributed by atoms with E-state index < -0.39 is 12.1 Å². The summed E-state index contributed by atoms with van der Waals surface area (Å²) in [5.41, 5.74) is 3.49. The van der Waals surface area contributed by atoms with Gasteiger partial charge in [0, 0.05) is 33.8 Å². The first-order valence-corrected chi connectivity index (χ1v) is 11.0. The summed E-state index contributed by atoms with van der Waals surface area (Å²) in [6.45, 7) is 3.70. The number of Topliss-reactive ketones (excluding diaryl/α,β-unsaturated/α-hetero) is 1. The Kier molecular flexibility index (Phi) is 6.28. The van der Waals surface area contributed by atoms with E-state index in [1.54, 1.807) is 43.3 Å². The van der Waals surface area contributed by atoms with Gasteiger partial charge >= 0.3 is 0 Å². The number of allylic oxidation sites excluding steroid dienone is 4. The average Bonchev–Trinajstić information content (AvgIpc) is 2.78. The van der Waals surface area contributed by atoms with E-state index in [1.165, 1.54) is 6.07 Å². The van der Waals surface area contributed by atoms with E-state index in [0.717, 1.165) is 0 Å². The fourth-order valence-corrected chi connectivity index (χ4v) is 4.62. The van der Waals surface area contributed by atoms with Gasteiger partial charge in [-0.05, 0) is 31.0 Å². The summed E-state index contributed by atoms with van der Waals surface area (Å²) in [6, 6.07) is 10.9. The zero-order chi connectivity index (χ0) is 22.8. The van der Waals surface area contributed by atoms with E-state index in [0.29, 0.717) is 51.4 Å². The lowest BCUT2D eigenvalue weighted by atomic mass is 9.83. The second kappa shape index (κ2) is 9.13. The zero-order valence-corrected chi connectivity index (χ0v) is 18.7. The first-order chi connectivity index (χ1) is 15.4. The van der Waals surface area contributed by atoms with Gasteiger partial charge in [-0.25, -0.2) is 4.39 Å². The van der Waals surface area contributed by atoms with Crippen molar-refractivity contribution < 1.29 is 14.0 Å². The zero-order valence-electron chi connectivity index (χ0n) is 17.9. The van der Waals surface area contributed by atoms with Gasteiger partial charge in [0.1, 0.15) is 5.82 Å². The lowest BCUT2D eigenvalue weighted by molar-refractivity contribution is -0.116. The van der Waals surface area contributed by atoms with Crippen molar-refractivity contribution in [1.82, 2.24) is 10.6 Å². The minimum absolute atomic E-state index is 0.0159. The molecule has 1 aliphatic carbocycles. The summed E-state index contributed by atoms with van der Waals surface area (Å²) in [5.74, 6) is -0.662. The van der Waals surface area contributed by atoms with Crippen molar-refractivity contribution in [3.63, 3.8) is 0 Å². The summed E-state index contributed by atoms with van der Waals surface area (Å²) >= 11 is 6.57. The smallest absolute Gasteiger partial charge is 0.254 e. The largest absolute Gasteiger partial charge is 0.377 e. The molecule has 2 atom stereocenters. The molecule has 1 unspecified atom stereocenters. The van der Waals surface area contributed by atoms with E-state index in [9.17, 15) is 14.0 Å². The molecular weight excluding hydrogens is 427 g/mol. The molecule has 0 aromatic heterocycles. The Hall–Kier alpha value is -3.18. The van der Waals surface area contributed by atoms with Gasteiger partial charge in [-0.3, -0.25) is 9.59 Å². The topological polar surface area (TPSA) is 58.2 Å². The number of amides is 1. The van der Waals surface area contributed by atoms with Crippen molar-refractivity contribution in [2.24, 2.45) is 0 Å². The van der Waals surface area contributed by atoms with Crippen molar-refractivity contribution in [2.45, 2.75) is 38.8 Å². The maximum Gasteiger partial charge on any atom is 0.254 e. The molecule has 4 nitrogen and oxygen atoms in total. The van der Waals surface area contributed by atoms with E-state index in [-0.39, 0.29) is 17.5 Å². The third-order valence-corrected chi connectivity index (χ3v) is 6.25. The minimum atomic E-state index is -0.475. The summed E-state index contributed by atoms with van der Waals surface area (Å²) in [4.78, 5) is 26.0. The molecule has 0 fully saturated rings. The Morgan fingerprint density at radius 1 is 1.25 bits per heavy atom. The Labute approximate surface area is 191 Å². The van der Waals surface area contributed by atoms with Crippen LogP contribution in [0.25, 0.3) is 5.57 Å². The number of ketones is 1. The van der Waals surface area contributed by atoms with Gasteiger partial charge in [0.05, 0.1) is 17.7 Å². The van der Waals surface area contributed by atoms with Crippen molar-refractivity contribution in [2.75, 3.05) is 0 Å². The first kappa shape index (κ1) is 22.0. The van der Waals surface area contributed by atoms with Gasteiger partial charge < -0.3 is 10.6 Å². The highest BCUT2D eigenvalue weighted by Gasteiger charge is 2.34. The molecule has 0 saturated carbocycles. The van der Waals surface area contributed by atoms with Crippen LogP contribution in [0.2, 0.25) is 5.02 Å². The van der Waals surface area contributed by atoms with Crippen LogP contribution in [-0.4, -0.2) is 11.7 Å². The minimum Gasteiger partial charge on any atom is -0.377 e. The first-order valence-electron chi connectivity index (χ1n) is 10.6. The van der Waals surface area contributed by atoms with Crippen LogP contribution in [0, 0.1) is 5.82 Å². The van der Waals surface area contributed by atoms with Crippen LogP contribution in [-0.2, 0) is 9.59 Å². The summed E-state index contributed by atoms with van der Waals surface area (Å²) < 4.78 is 14.3. The van der Waals surface area contributed by atoms with Crippen LogP contribution in [0.1, 0.15) is 55.5 Å². The number of halogens is 2. The molecule has 2 aromatic carbocycles. The SMILES string of the molecule is CC[C@H](NC(=O)C1=C(C)NC(C2=CC=CCC2=O)c2c(Cl)cccc21)c1ccccc1F. The molecule has 32 heavy (non-hydrogen) atoms. The highest BCUT2D eigenvalue weighted by molar-refractivity contribution is 6.32. The van der Waals surface area contributed by atoms with Crippen LogP contribution in [0.4, 0.5) is 4.39 Å². The number of benzene rings is 2. The molecule has 4 rings (SSSR count). The van der Waals surface area contributed by atoms with E-state index in [2.05, 4.69) is 10.6 Å². The van der Waals surface area contributed by atoms with Crippen LogP contribution in [0.15, 0.2) is 72.0 Å². The molecule has 2 aromatic rings. The Morgan fingerprint density at radius 2 is 2.03 bits per heavy atom. The molecule has 0 radical (unpaired) electrons. The highest BCUT2D eigenvalue weighted by Crippen LogP contribution is 2.41. The van der Waals surface area contributed by atoms with Crippen molar-refractivity contribution in [1.29, 1.82) is 0 Å². The molecule has 0 saturated heterocycles. The summed E-state index contributed by atoms with van der Waals surface area (Å²) in [7, 11) is 0. The number of carbonyl (C=O) groups excluding carboxylic acids is 2. The third-order valence-electron chi connectivity index (χ3n) is 5.92. The number of nitrogens with one attached hydrogen (secondary N) is 2. The van der Waals surface area contributed by atoms with Gasteiger partial charge in [0.25, 0.3) is 5.91 Å². The summed E-state index contributed by atoms with van der Waals surface area (Å²) in [5, 5.41) is 6.77. The number of hydrogen-bond acceptors (Lipinski definition) is 3. The Balaban J connectivity index is 1.73. The number of hydrogen-bond donors (Lipinski definition) is 2.